The molecule has 3 heterocycles. The van der Waals surface area contributed by atoms with Crippen molar-refractivity contribution in [3.8, 4) is 11.5 Å². The third-order valence-electron chi connectivity index (χ3n) is 2.68. The third kappa shape index (κ3) is 2.98. The van der Waals surface area contributed by atoms with Crippen LogP contribution in [0.5, 0.6) is 0 Å². The van der Waals surface area contributed by atoms with E-state index in [2.05, 4.69) is 20.4 Å². The third-order valence-corrected chi connectivity index (χ3v) is 3.48. The summed E-state index contributed by atoms with van der Waals surface area (Å²) in [6.07, 6.45) is 0. The van der Waals surface area contributed by atoms with Gasteiger partial charge in [-0.2, -0.15) is 0 Å². The molecule has 0 fully saturated rings. The maximum absolute atomic E-state index is 5.60. The van der Waals surface area contributed by atoms with Crippen LogP contribution in [0.25, 0.3) is 11.5 Å². The van der Waals surface area contributed by atoms with Gasteiger partial charge in [0.25, 0.3) is 11.1 Å². The predicted molar refractivity (Wildman–Crippen MR) is 73.2 cm³/mol. The van der Waals surface area contributed by atoms with E-state index in [0.717, 1.165) is 17.1 Å². The Labute approximate surface area is 124 Å². The molecule has 0 aliphatic heterocycles. The highest BCUT2D eigenvalue weighted by atomic mass is 32.2. The zero-order chi connectivity index (χ0) is 14.8. The van der Waals surface area contributed by atoms with E-state index >= 15 is 0 Å². The summed E-state index contributed by atoms with van der Waals surface area (Å²) in [6.45, 7) is 3.94. The quantitative estimate of drug-likeness (QED) is 0.707. The van der Waals surface area contributed by atoms with Crippen LogP contribution >= 0.6 is 11.8 Å². The zero-order valence-electron chi connectivity index (χ0n) is 11.5. The molecule has 0 spiro atoms. The second kappa shape index (κ2) is 5.70. The van der Waals surface area contributed by atoms with Crippen molar-refractivity contribution >= 4 is 11.8 Å². The fourth-order valence-electron chi connectivity index (χ4n) is 1.77. The van der Waals surface area contributed by atoms with Gasteiger partial charge < -0.3 is 19.0 Å². The second-order valence-electron chi connectivity index (χ2n) is 4.28. The minimum absolute atomic E-state index is 0.220. The van der Waals surface area contributed by atoms with Crippen molar-refractivity contribution in [1.29, 1.82) is 0 Å². The number of furan rings is 1. The normalized spacial score (nSPS) is 11.2. The van der Waals surface area contributed by atoms with E-state index in [9.17, 15) is 0 Å². The number of nitrogens with zero attached hydrogens (tertiary/aromatic N) is 4. The number of thioether (sulfide) groups is 1. The first-order valence-corrected chi connectivity index (χ1v) is 7.19. The van der Waals surface area contributed by atoms with E-state index in [4.69, 9.17) is 19.0 Å². The van der Waals surface area contributed by atoms with E-state index < -0.39 is 0 Å². The van der Waals surface area contributed by atoms with Crippen LogP contribution < -0.4 is 5.73 Å². The Morgan fingerprint density at radius 1 is 1.05 bits per heavy atom. The van der Waals surface area contributed by atoms with Crippen molar-refractivity contribution in [2.75, 3.05) is 0 Å². The van der Waals surface area contributed by atoms with Crippen LogP contribution in [-0.4, -0.2) is 20.4 Å². The predicted octanol–water partition coefficient (Wildman–Crippen LogP) is 2.08. The number of rotatable bonds is 5. The van der Waals surface area contributed by atoms with Crippen molar-refractivity contribution in [2.24, 2.45) is 5.73 Å². The van der Waals surface area contributed by atoms with Crippen LogP contribution in [0.15, 0.2) is 24.5 Å². The standard InChI is InChI=1S/C12H13N5O3S/c1-6-3-8(7(2)18-6)11-16-15-10(19-11)5-21-12-17-14-9(4-13)20-12/h3H,4-5,13H2,1-2H3. The number of nitrogens with two attached hydrogens (primary N) is 1. The summed E-state index contributed by atoms with van der Waals surface area (Å²) in [5.41, 5.74) is 6.20. The van der Waals surface area contributed by atoms with Crippen molar-refractivity contribution < 1.29 is 13.3 Å². The maximum Gasteiger partial charge on any atom is 0.277 e. The SMILES string of the molecule is Cc1cc(-c2nnc(CSc3nnc(CN)o3)o2)c(C)o1. The molecule has 0 unspecified atom stereocenters. The molecule has 0 radical (unpaired) electrons. The summed E-state index contributed by atoms with van der Waals surface area (Å²) in [5, 5.41) is 16.0. The molecule has 0 amide bonds. The first-order chi connectivity index (χ1) is 10.2. The Hall–Kier alpha value is -2.13. The molecule has 8 nitrogen and oxygen atoms in total. The Bertz CT molecular complexity index is 748. The van der Waals surface area contributed by atoms with Crippen LogP contribution in [0.4, 0.5) is 0 Å². The van der Waals surface area contributed by atoms with E-state index in [-0.39, 0.29) is 6.54 Å². The van der Waals surface area contributed by atoms with Gasteiger partial charge in [0.1, 0.15) is 11.5 Å². The highest BCUT2D eigenvalue weighted by molar-refractivity contribution is 7.98. The molecule has 21 heavy (non-hydrogen) atoms. The second-order valence-corrected chi connectivity index (χ2v) is 5.21. The minimum atomic E-state index is 0.220. The average molecular weight is 307 g/mol. The van der Waals surface area contributed by atoms with Gasteiger partial charge in [0, 0.05) is 0 Å². The molecule has 2 N–H and O–H groups in total. The van der Waals surface area contributed by atoms with Crippen LogP contribution in [0.3, 0.4) is 0 Å². The van der Waals surface area contributed by atoms with E-state index in [0.29, 0.717) is 28.6 Å². The summed E-state index contributed by atoms with van der Waals surface area (Å²) >= 11 is 1.31. The minimum Gasteiger partial charge on any atom is -0.466 e. The summed E-state index contributed by atoms with van der Waals surface area (Å²) in [4.78, 5) is 0. The molecule has 0 bridgehead atoms. The molecule has 0 aliphatic carbocycles. The first kappa shape index (κ1) is 13.8. The molecule has 0 aromatic carbocycles. The number of hydrogen-bond donors (Lipinski definition) is 1. The molecule has 3 rings (SSSR count). The van der Waals surface area contributed by atoms with E-state index in [1.54, 1.807) is 0 Å². The van der Waals surface area contributed by atoms with Gasteiger partial charge in [-0.05, 0) is 19.9 Å². The lowest BCUT2D eigenvalue weighted by atomic mass is 10.2. The molecule has 9 heteroatoms. The lowest BCUT2D eigenvalue weighted by molar-refractivity contribution is 0.414. The van der Waals surface area contributed by atoms with E-state index in [1.807, 2.05) is 19.9 Å². The van der Waals surface area contributed by atoms with Gasteiger partial charge in [-0.25, -0.2) is 0 Å². The van der Waals surface area contributed by atoms with Gasteiger partial charge in [-0.15, -0.1) is 20.4 Å². The summed E-state index contributed by atoms with van der Waals surface area (Å²) < 4.78 is 16.3. The molecule has 0 saturated carbocycles. The molecule has 0 saturated heterocycles. The monoisotopic (exact) mass is 307 g/mol. The molecule has 3 aromatic heterocycles. The highest BCUT2D eigenvalue weighted by Gasteiger charge is 2.15. The first-order valence-electron chi connectivity index (χ1n) is 6.20. The smallest absolute Gasteiger partial charge is 0.277 e. The van der Waals surface area contributed by atoms with Crippen molar-refractivity contribution in [1.82, 2.24) is 20.4 Å². The number of aryl methyl sites for hydroxylation is 2. The largest absolute Gasteiger partial charge is 0.466 e. The maximum atomic E-state index is 5.60. The van der Waals surface area contributed by atoms with Gasteiger partial charge in [0.15, 0.2) is 0 Å². The van der Waals surface area contributed by atoms with Crippen molar-refractivity contribution in [2.45, 2.75) is 31.4 Å². The number of hydrogen-bond acceptors (Lipinski definition) is 9. The summed E-state index contributed by atoms with van der Waals surface area (Å²) in [6, 6.07) is 1.87. The lowest BCUT2D eigenvalue weighted by Gasteiger charge is -1.91. The van der Waals surface area contributed by atoms with Gasteiger partial charge in [-0.3, -0.25) is 0 Å². The molecular formula is C12H13N5O3S. The molecule has 0 aliphatic rings. The van der Waals surface area contributed by atoms with Crippen molar-refractivity contribution in [3.05, 3.63) is 29.4 Å². The fraction of sp³-hybridized carbons (Fsp3) is 0.333. The van der Waals surface area contributed by atoms with Gasteiger partial charge in [0.05, 0.1) is 17.9 Å². The Morgan fingerprint density at radius 3 is 2.52 bits per heavy atom. The summed E-state index contributed by atoms with van der Waals surface area (Å²) in [5.74, 6) is 3.30. The Morgan fingerprint density at radius 2 is 1.86 bits per heavy atom. The van der Waals surface area contributed by atoms with Crippen LogP contribution in [0.1, 0.15) is 23.3 Å². The topological polar surface area (TPSA) is 117 Å². The van der Waals surface area contributed by atoms with Crippen molar-refractivity contribution in [3.63, 3.8) is 0 Å². The van der Waals surface area contributed by atoms with Gasteiger partial charge in [0.2, 0.25) is 11.8 Å². The Kier molecular flexibility index (Phi) is 3.76. The van der Waals surface area contributed by atoms with Gasteiger partial charge >= 0.3 is 0 Å². The average Bonchev–Trinajstić information content (AvgIpc) is 3.16. The molecule has 3 aromatic rings. The van der Waals surface area contributed by atoms with Crippen LogP contribution in [0.2, 0.25) is 0 Å². The molecule has 0 atom stereocenters. The van der Waals surface area contributed by atoms with Gasteiger partial charge in [-0.1, -0.05) is 11.8 Å². The number of aromatic nitrogens is 4. The van der Waals surface area contributed by atoms with Crippen LogP contribution in [0, 0.1) is 13.8 Å². The van der Waals surface area contributed by atoms with Crippen LogP contribution in [-0.2, 0) is 12.3 Å². The summed E-state index contributed by atoms with van der Waals surface area (Å²) in [7, 11) is 0. The highest BCUT2D eigenvalue weighted by Crippen LogP contribution is 2.27. The fourth-order valence-corrected chi connectivity index (χ4v) is 2.38. The molecule has 110 valence electrons. The lowest BCUT2D eigenvalue weighted by Crippen LogP contribution is -1.95. The zero-order valence-corrected chi connectivity index (χ0v) is 12.3. The molecular weight excluding hydrogens is 294 g/mol. The van der Waals surface area contributed by atoms with E-state index in [1.165, 1.54) is 11.8 Å². The Balaban J connectivity index is 1.69.